The predicted octanol–water partition coefficient (Wildman–Crippen LogP) is 6.42. The van der Waals surface area contributed by atoms with E-state index in [-0.39, 0.29) is 16.7 Å². The molecular weight excluding hydrogens is 288 g/mol. The fourth-order valence-electron chi connectivity index (χ4n) is 3.49. The molecule has 0 unspecified atom stereocenters. The maximum Gasteiger partial charge on any atom is 0.0714 e. The van der Waals surface area contributed by atoms with Crippen LogP contribution in [0.25, 0.3) is 11.1 Å². The summed E-state index contributed by atoms with van der Waals surface area (Å²) in [7, 11) is 0. The zero-order valence-corrected chi connectivity index (χ0v) is 16.0. The molecule has 0 radical (unpaired) electrons. The van der Waals surface area contributed by atoms with Crippen molar-refractivity contribution in [3.8, 4) is 23.0 Å². The molecule has 2 aromatic rings. The van der Waals surface area contributed by atoms with Crippen molar-refractivity contribution in [1.82, 2.24) is 0 Å². The first-order valence-electron chi connectivity index (χ1n) is 8.84. The van der Waals surface area contributed by atoms with Crippen molar-refractivity contribution in [2.45, 2.75) is 65.2 Å². The van der Waals surface area contributed by atoms with Gasteiger partial charge < -0.3 is 0 Å². The minimum atomic E-state index is 0.157. The fraction of sp³-hybridized carbons (Fsp3) is 0.417. The molecule has 1 aliphatic rings. The molecule has 0 amide bonds. The Morgan fingerprint density at radius 2 is 1.12 bits per heavy atom. The van der Waals surface area contributed by atoms with E-state index in [9.17, 15) is 0 Å². The van der Waals surface area contributed by atoms with Gasteiger partial charge >= 0.3 is 0 Å². The summed E-state index contributed by atoms with van der Waals surface area (Å²) in [4.78, 5) is 0. The van der Waals surface area contributed by atoms with Gasteiger partial charge in [-0.05, 0) is 51.1 Å². The summed E-state index contributed by atoms with van der Waals surface area (Å²) in [5, 5.41) is 0. The van der Waals surface area contributed by atoms with Crippen molar-refractivity contribution in [3.63, 3.8) is 0 Å². The summed E-state index contributed by atoms with van der Waals surface area (Å²) in [6.45, 7) is 15.6. The van der Waals surface area contributed by atoms with Gasteiger partial charge in [0, 0.05) is 0 Å². The van der Waals surface area contributed by atoms with Gasteiger partial charge in [-0.3, -0.25) is 0 Å². The van der Waals surface area contributed by atoms with Crippen LogP contribution >= 0.6 is 0 Å². The molecule has 2 aromatic carbocycles. The first-order valence-corrected chi connectivity index (χ1v) is 8.84. The Morgan fingerprint density at radius 1 is 0.708 bits per heavy atom. The fourth-order valence-corrected chi connectivity index (χ4v) is 3.49. The Labute approximate surface area is 147 Å². The van der Waals surface area contributed by atoms with Crippen LogP contribution in [0.3, 0.4) is 0 Å². The molecule has 0 fully saturated rings. The average molecular weight is 316 g/mol. The van der Waals surface area contributed by atoms with Crippen LogP contribution in [0.1, 0.15) is 76.6 Å². The maximum absolute atomic E-state index is 3.46. The van der Waals surface area contributed by atoms with Gasteiger partial charge in [0.2, 0.25) is 0 Å². The van der Waals surface area contributed by atoms with E-state index < -0.39 is 0 Å². The van der Waals surface area contributed by atoms with Crippen molar-refractivity contribution < 1.29 is 0 Å². The molecular formula is C24H28. The van der Waals surface area contributed by atoms with E-state index in [4.69, 9.17) is 0 Å². The molecule has 0 spiro atoms. The topological polar surface area (TPSA) is 0 Å². The molecule has 0 aliphatic heterocycles. The summed E-state index contributed by atoms with van der Waals surface area (Å²) in [6.07, 6.45) is 0. The minimum Gasteiger partial charge on any atom is -0.106 e. The second kappa shape index (κ2) is 5.52. The Kier molecular flexibility index (Phi) is 3.88. The van der Waals surface area contributed by atoms with E-state index >= 15 is 0 Å². The highest BCUT2D eigenvalue weighted by atomic mass is 14.3. The summed E-state index contributed by atoms with van der Waals surface area (Å²) < 4.78 is 0. The molecule has 0 N–H and O–H groups in total. The van der Waals surface area contributed by atoms with Crippen LogP contribution in [0, 0.1) is 11.8 Å². The molecule has 0 bridgehead atoms. The highest BCUT2D eigenvalue weighted by Crippen LogP contribution is 2.47. The molecule has 0 heteroatoms. The second-order valence-corrected chi connectivity index (χ2v) is 8.93. The van der Waals surface area contributed by atoms with E-state index in [0.29, 0.717) is 0 Å². The molecule has 24 heavy (non-hydrogen) atoms. The smallest absolute Gasteiger partial charge is 0.0714 e. The van der Waals surface area contributed by atoms with E-state index in [1.807, 2.05) is 6.92 Å². The summed E-state index contributed by atoms with van der Waals surface area (Å²) in [6, 6.07) is 13.9. The first-order chi connectivity index (χ1) is 11.1. The van der Waals surface area contributed by atoms with Gasteiger partial charge in [0.1, 0.15) is 0 Å². The van der Waals surface area contributed by atoms with Crippen LogP contribution < -0.4 is 0 Å². The molecule has 0 saturated carbocycles. The van der Waals surface area contributed by atoms with Gasteiger partial charge in [0.15, 0.2) is 0 Å². The van der Waals surface area contributed by atoms with E-state index in [1.165, 1.54) is 33.4 Å². The lowest BCUT2D eigenvalue weighted by Gasteiger charge is -2.21. The van der Waals surface area contributed by atoms with Gasteiger partial charge in [0.25, 0.3) is 0 Å². The van der Waals surface area contributed by atoms with E-state index in [2.05, 4.69) is 89.8 Å². The third-order valence-electron chi connectivity index (χ3n) is 5.04. The zero-order chi connectivity index (χ0) is 17.7. The van der Waals surface area contributed by atoms with Crippen LogP contribution in [0.4, 0.5) is 0 Å². The number of rotatable bonds is 0. The Hall–Kier alpha value is -2.00. The maximum atomic E-state index is 3.46. The van der Waals surface area contributed by atoms with Crippen LogP contribution in [0.2, 0.25) is 0 Å². The van der Waals surface area contributed by atoms with E-state index in [1.54, 1.807) is 0 Å². The van der Waals surface area contributed by atoms with Crippen molar-refractivity contribution in [1.29, 1.82) is 0 Å². The van der Waals surface area contributed by atoms with Gasteiger partial charge in [-0.25, -0.2) is 0 Å². The van der Waals surface area contributed by atoms with Gasteiger partial charge in [-0.1, -0.05) is 83.9 Å². The normalized spacial score (nSPS) is 14.0. The molecule has 124 valence electrons. The average Bonchev–Trinajstić information content (AvgIpc) is 2.79. The van der Waals surface area contributed by atoms with Crippen LogP contribution in [-0.2, 0) is 10.8 Å². The van der Waals surface area contributed by atoms with Crippen LogP contribution in [0.5, 0.6) is 0 Å². The number of hydrogen-bond donors (Lipinski definition) is 0. The lowest BCUT2D eigenvalue weighted by molar-refractivity contribution is 0.589. The Bertz CT molecular complexity index is 779. The number of hydrogen-bond acceptors (Lipinski definition) is 0. The first kappa shape index (κ1) is 16.8. The number of fused-ring (bicyclic) bond motifs is 3. The summed E-state index contributed by atoms with van der Waals surface area (Å²) in [5.41, 5.74) is 8.53. The molecule has 0 saturated heterocycles. The lowest BCUT2D eigenvalue weighted by Crippen LogP contribution is -2.12. The van der Waals surface area contributed by atoms with Gasteiger partial charge in [-0.15, -0.1) is 5.92 Å². The quantitative estimate of drug-likeness (QED) is 0.492. The van der Waals surface area contributed by atoms with Crippen molar-refractivity contribution in [2.75, 3.05) is 0 Å². The van der Waals surface area contributed by atoms with Crippen molar-refractivity contribution in [3.05, 3.63) is 58.7 Å². The Morgan fingerprint density at radius 3 is 1.46 bits per heavy atom. The summed E-state index contributed by atoms with van der Waals surface area (Å²) in [5.74, 6) is 6.82. The molecule has 0 nitrogen and oxygen atoms in total. The SMILES string of the molecule is CC#CC1c2cc(C(C)(C)C)ccc2-c2ccc(C(C)(C)C)cc21. The standard InChI is InChI=1S/C24H28/c1-8-9-18-21-14-16(23(2,3)4)10-12-19(21)20-13-11-17(15-22(18)20)24(5,6)7/h10-15,18H,1-7H3. The van der Waals surface area contributed by atoms with Gasteiger partial charge in [0.05, 0.1) is 5.92 Å². The second-order valence-electron chi connectivity index (χ2n) is 8.93. The summed E-state index contributed by atoms with van der Waals surface area (Å²) >= 11 is 0. The lowest BCUT2D eigenvalue weighted by atomic mass is 9.83. The highest BCUT2D eigenvalue weighted by molar-refractivity contribution is 5.81. The highest BCUT2D eigenvalue weighted by Gasteiger charge is 2.30. The molecule has 0 heterocycles. The molecule has 0 atom stereocenters. The largest absolute Gasteiger partial charge is 0.106 e. The molecule has 3 rings (SSSR count). The molecule has 0 aromatic heterocycles. The van der Waals surface area contributed by atoms with Crippen molar-refractivity contribution in [2.24, 2.45) is 0 Å². The van der Waals surface area contributed by atoms with Crippen LogP contribution in [-0.4, -0.2) is 0 Å². The van der Waals surface area contributed by atoms with Crippen molar-refractivity contribution >= 4 is 0 Å². The van der Waals surface area contributed by atoms with Crippen LogP contribution in [0.15, 0.2) is 36.4 Å². The minimum absolute atomic E-state index is 0.157. The van der Waals surface area contributed by atoms with Gasteiger partial charge in [-0.2, -0.15) is 0 Å². The monoisotopic (exact) mass is 316 g/mol. The zero-order valence-electron chi connectivity index (χ0n) is 16.0. The third kappa shape index (κ3) is 2.78. The predicted molar refractivity (Wildman–Crippen MR) is 105 cm³/mol. The van der Waals surface area contributed by atoms with E-state index in [0.717, 1.165) is 0 Å². The molecule has 1 aliphatic carbocycles. The number of benzene rings is 2. The Balaban J connectivity index is 2.22. The third-order valence-corrected chi connectivity index (χ3v) is 5.04.